The van der Waals surface area contributed by atoms with E-state index in [9.17, 15) is 4.79 Å². The molecule has 5 heteroatoms. The van der Waals surface area contributed by atoms with Crippen LogP contribution in [-0.2, 0) is 19.7 Å². The van der Waals surface area contributed by atoms with Crippen LogP contribution in [0.1, 0.15) is 31.7 Å². The van der Waals surface area contributed by atoms with E-state index >= 15 is 0 Å². The number of hydrogen-bond acceptors (Lipinski definition) is 4. The van der Waals surface area contributed by atoms with E-state index in [-0.39, 0.29) is 11.4 Å². The van der Waals surface area contributed by atoms with Crippen LogP contribution in [0, 0.1) is 0 Å². The van der Waals surface area contributed by atoms with Gasteiger partial charge < -0.3 is 15.2 Å². The molecule has 0 aromatic heterocycles. The van der Waals surface area contributed by atoms with Crippen LogP contribution in [0.3, 0.4) is 0 Å². The number of carbonyl (C=O) groups excluding carboxylic acids is 1. The van der Waals surface area contributed by atoms with Crippen LogP contribution in [0.25, 0.3) is 0 Å². The lowest BCUT2D eigenvalue weighted by Gasteiger charge is -2.29. The Kier molecular flexibility index (Phi) is 4.89. The molecule has 1 aliphatic rings. The summed E-state index contributed by atoms with van der Waals surface area (Å²) in [5.74, 6) is -0.181. The van der Waals surface area contributed by atoms with E-state index in [1.807, 2.05) is 12.1 Å². The molecule has 0 bridgehead atoms. The van der Waals surface area contributed by atoms with Crippen LogP contribution < -0.4 is 5.73 Å². The fraction of sp³-hybridized carbons (Fsp3) is 0.533. The van der Waals surface area contributed by atoms with Gasteiger partial charge in [-0.25, -0.2) is 0 Å². The smallest absolute Gasteiger partial charge is 0.305 e. The van der Waals surface area contributed by atoms with Crippen molar-refractivity contribution in [1.29, 1.82) is 0 Å². The van der Waals surface area contributed by atoms with Gasteiger partial charge in [-0.3, -0.25) is 4.79 Å². The number of hydrogen-bond donors (Lipinski definition) is 1. The van der Waals surface area contributed by atoms with Gasteiger partial charge in [0.05, 0.1) is 13.2 Å². The molecule has 2 rings (SSSR count). The zero-order valence-electron chi connectivity index (χ0n) is 11.7. The Bertz CT molecular complexity index is 484. The first-order valence-electron chi connectivity index (χ1n) is 6.86. The van der Waals surface area contributed by atoms with Gasteiger partial charge in [0.1, 0.15) is 0 Å². The first-order chi connectivity index (χ1) is 9.57. The van der Waals surface area contributed by atoms with E-state index in [0.29, 0.717) is 43.4 Å². The minimum absolute atomic E-state index is 0.181. The molecule has 4 nitrogen and oxygen atoms in total. The number of rotatable bonds is 5. The average Bonchev–Trinajstić information content (AvgIpc) is 2.89. The van der Waals surface area contributed by atoms with E-state index in [1.54, 1.807) is 13.0 Å². The van der Waals surface area contributed by atoms with Crippen molar-refractivity contribution in [3.05, 3.63) is 28.8 Å². The largest absolute Gasteiger partial charge is 0.466 e. The Balaban J connectivity index is 2.21. The third-order valence-corrected chi connectivity index (χ3v) is 4.04. The van der Waals surface area contributed by atoms with Gasteiger partial charge in [0.25, 0.3) is 0 Å². The number of ether oxygens (including phenoxy) is 2. The minimum Gasteiger partial charge on any atom is -0.466 e. The lowest BCUT2D eigenvalue weighted by molar-refractivity contribution is -0.143. The Labute approximate surface area is 124 Å². The Morgan fingerprint density at radius 1 is 1.55 bits per heavy atom. The first-order valence-corrected chi connectivity index (χ1v) is 7.24. The first kappa shape index (κ1) is 15.1. The Morgan fingerprint density at radius 3 is 3.00 bits per heavy atom. The Morgan fingerprint density at radius 2 is 2.35 bits per heavy atom. The second-order valence-corrected chi connectivity index (χ2v) is 5.56. The van der Waals surface area contributed by atoms with Crippen LogP contribution in [0.15, 0.2) is 18.2 Å². The maximum absolute atomic E-state index is 11.6. The number of carbonyl (C=O) groups is 1. The van der Waals surface area contributed by atoms with Crippen molar-refractivity contribution >= 4 is 23.3 Å². The predicted molar refractivity (Wildman–Crippen MR) is 78.8 cm³/mol. The summed E-state index contributed by atoms with van der Waals surface area (Å²) >= 11 is 6.08. The van der Waals surface area contributed by atoms with E-state index in [4.69, 9.17) is 26.8 Å². The zero-order chi connectivity index (χ0) is 14.6. The van der Waals surface area contributed by atoms with Gasteiger partial charge in [0.2, 0.25) is 0 Å². The van der Waals surface area contributed by atoms with Gasteiger partial charge in [-0.05, 0) is 43.5 Å². The molecule has 1 unspecified atom stereocenters. The number of anilines is 1. The molecule has 110 valence electrons. The number of halogens is 1. The van der Waals surface area contributed by atoms with Crippen molar-refractivity contribution in [3.8, 4) is 0 Å². The molecular weight excluding hydrogens is 278 g/mol. The van der Waals surface area contributed by atoms with Crippen molar-refractivity contribution in [2.24, 2.45) is 0 Å². The topological polar surface area (TPSA) is 61.5 Å². The van der Waals surface area contributed by atoms with E-state index in [0.717, 1.165) is 12.0 Å². The van der Waals surface area contributed by atoms with Crippen LogP contribution in [-0.4, -0.2) is 25.8 Å². The highest BCUT2D eigenvalue weighted by Gasteiger charge is 2.38. The van der Waals surface area contributed by atoms with Crippen LogP contribution >= 0.6 is 11.6 Å². The summed E-state index contributed by atoms with van der Waals surface area (Å²) in [7, 11) is 0. The predicted octanol–water partition coefficient (Wildman–Crippen LogP) is 2.92. The number of nitrogens with two attached hydrogens (primary N) is 1. The number of esters is 1. The maximum Gasteiger partial charge on any atom is 0.305 e. The lowest BCUT2D eigenvalue weighted by atomic mass is 9.75. The highest BCUT2D eigenvalue weighted by molar-refractivity contribution is 6.30. The third kappa shape index (κ3) is 3.25. The minimum atomic E-state index is -0.234. The summed E-state index contributed by atoms with van der Waals surface area (Å²) < 4.78 is 10.6. The quantitative estimate of drug-likeness (QED) is 0.670. The average molecular weight is 298 g/mol. The molecule has 1 heterocycles. The van der Waals surface area contributed by atoms with Crippen molar-refractivity contribution in [2.75, 3.05) is 25.6 Å². The second kappa shape index (κ2) is 6.46. The Hall–Kier alpha value is -1.26. The molecule has 20 heavy (non-hydrogen) atoms. The van der Waals surface area contributed by atoms with Crippen molar-refractivity contribution in [2.45, 2.75) is 31.6 Å². The van der Waals surface area contributed by atoms with Gasteiger partial charge in [0.15, 0.2) is 0 Å². The lowest BCUT2D eigenvalue weighted by Crippen LogP contribution is -2.29. The van der Waals surface area contributed by atoms with Gasteiger partial charge >= 0.3 is 5.97 Å². The van der Waals surface area contributed by atoms with E-state index < -0.39 is 0 Å². The molecule has 1 aliphatic heterocycles. The molecule has 0 radical (unpaired) electrons. The number of benzene rings is 1. The van der Waals surface area contributed by atoms with E-state index in [2.05, 4.69) is 0 Å². The third-order valence-electron chi connectivity index (χ3n) is 3.80. The fourth-order valence-electron chi connectivity index (χ4n) is 2.71. The molecule has 2 N–H and O–H groups in total. The molecular formula is C15H20ClNO3. The summed E-state index contributed by atoms with van der Waals surface area (Å²) in [6, 6.07) is 5.47. The van der Waals surface area contributed by atoms with Gasteiger partial charge in [-0.2, -0.15) is 0 Å². The van der Waals surface area contributed by atoms with Crippen molar-refractivity contribution in [1.82, 2.24) is 0 Å². The summed E-state index contributed by atoms with van der Waals surface area (Å²) in [5, 5.41) is 0.650. The zero-order valence-corrected chi connectivity index (χ0v) is 12.4. The van der Waals surface area contributed by atoms with Crippen LogP contribution in [0.4, 0.5) is 5.69 Å². The maximum atomic E-state index is 11.6. The van der Waals surface area contributed by atoms with Crippen LogP contribution in [0.5, 0.6) is 0 Å². The van der Waals surface area contributed by atoms with Crippen molar-refractivity contribution < 1.29 is 14.3 Å². The highest BCUT2D eigenvalue weighted by Crippen LogP contribution is 2.41. The number of nitrogen functional groups attached to an aromatic ring is 1. The molecule has 0 spiro atoms. The molecule has 0 saturated carbocycles. The normalized spacial score (nSPS) is 21.9. The van der Waals surface area contributed by atoms with E-state index in [1.165, 1.54) is 0 Å². The van der Waals surface area contributed by atoms with Gasteiger partial charge in [0, 0.05) is 29.2 Å². The molecule has 0 aliphatic carbocycles. The fourth-order valence-corrected chi connectivity index (χ4v) is 2.89. The molecule has 1 fully saturated rings. The molecule has 0 amide bonds. The summed E-state index contributed by atoms with van der Waals surface area (Å²) in [5.41, 5.74) is 7.53. The molecule has 1 aromatic carbocycles. The SMILES string of the molecule is CCOC(=O)CCC1(c2cc(Cl)ccc2N)CCOC1. The molecule has 1 saturated heterocycles. The standard InChI is InChI=1S/C15H20ClNO3/c1-2-20-14(18)5-6-15(7-8-19-10-15)12-9-11(16)3-4-13(12)17/h3-4,9H,2,5-8,10,17H2,1H3. The summed E-state index contributed by atoms with van der Waals surface area (Å²) in [4.78, 5) is 11.6. The van der Waals surface area contributed by atoms with Gasteiger partial charge in [-0.1, -0.05) is 11.6 Å². The van der Waals surface area contributed by atoms with Crippen LogP contribution in [0.2, 0.25) is 5.02 Å². The summed E-state index contributed by atoms with van der Waals surface area (Å²) in [6.07, 6.45) is 1.87. The highest BCUT2D eigenvalue weighted by atomic mass is 35.5. The molecule has 1 aromatic rings. The van der Waals surface area contributed by atoms with Crippen molar-refractivity contribution in [3.63, 3.8) is 0 Å². The molecule has 1 atom stereocenters. The van der Waals surface area contributed by atoms with Gasteiger partial charge in [-0.15, -0.1) is 0 Å². The monoisotopic (exact) mass is 297 g/mol. The summed E-state index contributed by atoms with van der Waals surface area (Å²) in [6.45, 7) is 3.45. The second-order valence-electron chi connectivity index (χ2n) is 5.12.